The molecule has 15 heavy (non-hydrogen) atoms. The first-order valence-electron chi connectivity index (χ1n) is 5.13. The van der Waals surface area contributed by atoms with Crippen molar-refractivity contribution in [1.82, 2.24) is 10.3 Å². The van der Waals surface area contributed by atoms with Gasteiger partial charge in [0.2, 0.25) is 0 Å². The van der Waals surface area contributed by atoms with Gasteiger partial charge in [-0.2, -0.15) is 0 Å². The van der Waals surface area contributed by atoms with Crippen LogP contribution in [-0.2, 0) is 0 Å². The molecule has 1 aliphatic heterocycles. The summed E-state index contributed by atoms with van der Waals surface area (Å²) in [5.74, 6) is 0. The summed E-state index contributed by atoms with van der Waals surface area (Å²) in [4.78, 5) is 6.85. The van der Waals surface area contributed by atoms with Crippen molar-refractivity contribution >= 4 is 27.1 Å². The van der Waals surface area contributed by atoms with Crippen molar-refractivity contribution in [3.63, 3.8) is 0 Å². The number of nitrogens with zero attached hydrogens (tertiary/aromatic N) is 1. The Bertz CT molecular complexity index is 494. The van der Waals surface area contributed by atoms with Gasteiger partial charge >= 0.3 is 0 Å². The Labute approximate surface area is 92.7 Å². The first-order valence-corrected chi connectivity index (χ1v) is 5.94. The van der Waals surface area contributed by atoms with Gasteiger partial charge in [0, 0.05) is 29.0 Å². The minimum atomic E-state index is 0.470. The van der Waals surface area contributed by atoms with E-state index in [4.69, 9.17) is 0 Å². The van der Waals surface area contributed by atoms with E-state index in [9.17, 15) is 0 Å². The molecule has 76 valence electrons. The molecule has 1 N–H and O–H groups in total. The van der Waals surface area contributed by atoms with Crippen LogP contribution >= 0.6 is 11.3 Å². The maximum atomic E-state index is 4.37. The van der Waals surface area contributed by atoms with Gasteiger partial charge < -0.3 is 5.32 Å². The molecule has 0 amide bonds. The fraction of sp³-hybridized carbons (Fsp3) is 0.250. The molecule has 0 aliphatic carbocycles. The molecule has 3 heteroatoms. The zero-order chi connectivity index (χ0) is 10.3. The van der Waals surface area contributed by atoms with Crippen molar-refractivity contribution in [1.29, 1.82) is 0 Å². The molecule has 0 radical (unpaired) electrons. The van der Waals surface area contributed by atoms with Crippen molar-refractivity contribution in [3.05, 3.63) is 35.3 Å². The van der Waals surface area contributed by atoms with Crippen LogP contribution in [0.3, 0.4) is 0 Å². The zero-order valence-electron chi connectivity index (χ0n) is 8.53. The second-order valence-corrected chi connectivity index (χ2v) is 4.83. The van der Waals surface area contributed by atoms with Crippen LogP contribution in [0.4, 0.5) is 0 Å². The highest BCUT2D eigenvalue weighted by Gasteiger charge is 2.17. The molecule has 1 aliphatic rings. The van der Waals surface area contributed by atoms with Crippen LogP contribution in [0.15, 0.2) is 30.5 Å². The lowest BCUT2D eigenvalue weighted by atomic mass is 10.1. The third-order valence-electron chi connectivity index (χ3n) is 2.79. The fourth-order valence-electron chi connectivity index (χ4n) is 1.96. The molecule has 0 fully saturated rings. The number of pyridine rings is 1. The van der Waals surface area contributed by atoms with Crippen LogP contribution in [0.25, 0.3) is 15.8 Å². The first-order chi connectivity index (χ1) is 7.34. The first kappa shape index (κ1) is 9.07. The summed E-state index contributed by atoms with van der Waals surface area (Å²) in [6.45, 7) is 3.19. The number of aromatic nitrogens is 1. The van der Waals surface area contributed by atoms with Gasteiger partial charge in [0.1, 0.15) is 4.83 Å². The van der Waals surface area contributed by atoms with E-state index in [2.05, 4.69) is 35.4 Å². The van der Waals surface area contributed by atoms with Crippen LogP contribution in [0.5, 0.6) is 0 Å². The highest BCUT2D eigenvalue weighted by atomic mass is 32.1. The largest absolute Gasteiger partial charge is 0.307 e. The van der Waals surface area contributed by atoms with E-state index < -0.39 is 0 Å². The van der Waals surface area contributed by atoms with E-state index in [1.54, 1.807) is 11.3 Å². The van der Waals surface area contributed by atoms with Crippen LogP contribution in [0.2, 0.25) is 0 Å². The molecule has 0 aromatic carbocycles. The van der Waals surface area contributed by atoms with Crippen LogP contribution < -0.4 is 5.32 Å². The molecule has 0 spiro atoms. The predicted molar refractivity (Wildman–Crippen MR) is 65.1 cm³/mol. The minimum Gasteiger partial charge on any atom is -0.307 e. The zero-order valence-corrected chi connectivity index (χ0v) is 9.34. The van der Waals surface area contributed by atoms with Gasteiger partial charge in [-0.05, 0) is 24.6 Å². The number of fused-ring (bicyclic) bond motifs is 1. The maximum Gasteiger partial charge on any atom is 0.123 e. The molecule has 2 aromatic heterocycles. The second-order valence-electron chi connectivity index (χ2n) is 3.80. The fourth-order valence-corrected chi connectivity index (χ4v) is 3.09. The van der Waals surface area contributed by atoms with Gasteiger partial charge in [-0.3, -0.25) is 0 Å². The minimum absolute atomic E-state index is 0.470. The van der Waals surface area contributed by atoms with Gasteiger partial charge in [-0.1, -0.05) is 12.1 Å². The standard InChI is InChI=1S/C12H12N2S/c1-8-10(4-6-13-8)11-7-9-3-2-5-14-12(9)15-11/h2-5,7-8,13H,6H2,1H3. The van der Waals surface area contributed by atoms with Crippen molar-refractivity contribution in [2.45, 2.75) is 13.0 Å². The Morgan fingerprint density at radius 3 is 3.20 bits per heavy atom. The predicted octanol–water partition coefficient (Wildman–Crippen LogP) is 2.67. The molecule has 1 unspecified atom stereocenters. The molecule has 2 nitrogen and oxygen atoms in total. The Morgan fingerprint density at radius 2 is 2.47 bits per heavy atom. The lowest BCUT2D eigenvalue weighted by Crippen LogP contribution is -2.19. The molecular weight excluding hydrogens is 204 g/mol. The van der Waals surface area contributed by atoms with Gasteiger partial charge in [0.05, 0.1) is 0 Å². The van der Waals surface area contributed by atoms with E-state index in [0.29, 0.717) is 6.04 Å². The SMILES string of the molecule is CC1NCC=C1c1cc2cccnc2s1. The number of hydrogen-bond donors (Lipinski definition) is 1. The monoisotopic (exact) mass is 216 g/mol. The normalized spacial score (nSPS) is 20.9. The smallest absolute Gasteiger partial charge is 0.123 e. The lowest BCUT2D eigenvalue weighted by molar-refractivity contribution is 0.737. The number of hydrogen-bond acceptors (Lipinski definition) is 3. The molecule has 0 saturated heterocycles. The summed E-state index contributed by atoms with van der Waals surface area (Å²) in [6.07, 6.45) is 4.13. The Hall–Kier alpha value is -1.19. The summed E-state index contributed by atoms with van der Waals surface area (Å²) < 4.78 is 0. The summed E-state index contributed by atoms with van der Waals surface area (Å²) >= 11 is 1.78. The van der Waals surface area contributed by atoms with Gasteiger partial charge in [-0.15, -0.1) is 11.3 Å². The summed E-state index contributed by atoms with van der Waals surface area (Å²) in [6, 6.07) is 6.82. The third-order valence-corrected chi connectivity index (χ3v) is 3.90. The van der Waals surface area contributed by atoms with E-state index in [-0.39, 0.29) is 0 Å². The molecule has 1 atom stereocenters. The van der Waals surface area contributed by atoms with Gasteiger partial charge in [-0.25, -0.2) is 4.98 Å². The van der Waals surface area contributed by atoms with E-state index in [0.717, 1.165) is 11.4 Å². The van der Waals surface area contributed by atoms with E-state index in [1.807, 2.05) is 12.3 Å². The van der Waals surface area contributed by atoms with Crippen LogP contribution in [0.1, 0.15) is 11.8 Å². The number of thiophene rings is 1. The van der Waals surface area contributed by atoms with Crippen LogP contribution in [-0.4, -0.2) is 17.6 Å². The average molecular weight is 216 g/mol. The molecule has 2 aromatic rings. The highest BCUT2D eigenvalue weighted by molar-refractivity contribution is 7.19. The second kappa shape index (κ2) is 3.43. The quantitative estimate of drug-likeness (QED) is 0.792. The lowest BCUT2D eigenvalue weighted by Gasteiger charge is -2.06. The van der Waals surface area contributed by atoms with Crippen molar-refractivity contribution in [2.75, 3.05) is 6.54 Å². The van der Waals surface area contributed by atoms with E-state index >= 15 is 0 Å². The summed E-state index contributed by atoms with van der Waals surface area (Å²) in [5.41, 5.74) is 1.41. The van der Waals surface area contributed by atoms with Crippen molar-refractivity contribution < 1.29 is 0 Å². The number of nitrogens with one attached hydrogen (secondary N) is 1. The average Bonchev–Trinajstić information content (AvgIpc) is 2.82. The maximum absolute atomic E-state index is 4.37. The summed E-state index contributed by atoms with van der Waals surface area (Å²) in [7, 11) is 0. The number of rotatable bonds is 1. The molecule has 3 heterocycles. The Kier molecular flexibility index (Phi) is 2.08. The highest BCUT2D eigenvalue weighted by Crippen LogP contribution is 2.31. The Balaban J connectivity index is 2.12. The van der Waals surface area contributed by atoms with E-state index in [1.165, 1.54) is 15.8 Å². The molecular formula is C12H12N2S. The topological polar surface area (TPSA) is 24.9 Å². The molecule has 3 rings (SSSR count). The summed E-state index contributed by atoms with van der Waals surface area (Å²) in [5, 5.41) is 4.65. The van der Waals surface area contributed by atoms with Gasteiger partial charge in [0.15, 0.2) is 0 Å². The molecule has 0 saturated carbocycles. The van der Waals surface area contributed by atoms with Crippen molar-refractivity contribution in [3.8, 4) is 0 Å². The van der Waals surface area contributed by atoms with Crippen LogP contribution in [0, 0.1) is 0 Å². The molecule has 0 bridgehead atoms. The van der Waals surface area contributed by atoms with Crippen molar-refractivity contribution in [2.24, 2.45) is 0 Å². The third kappa shape index (κ3) is 1.48. The Morgan fingerprint density at radius 1 is 1.53 bits per heavy atom. The van der Waals surface area contributed by atoms with Gasteiger partial charge in [0.25, 0.3) is 0 Å².